The Balaban J connectivity index is 2.49. The van der Waals surface area contributed by atoms with Crippen molar-refractivity contribution in [3.8, 4) is 0 Å². The number of hydrogen-bond acceptors (Lipinski definition) is 3. The maximum atomic E-state index is 11.6. The van der Waals surface area contributed by atoms with Gasteiger partial charge in [0.1, 0.15) is 0 Å². The van der Waals surface area contributed by atoms with Gasteiger partial charge in [0.05, 0.1) is 5.75 Å². The van der Waals surface area contributed by atoms with Gasteiger partial charge in [0.25, 0.3) is 0 Å². The third-order valence-corrected chi connectivity index (χ3v) is 4.87. The molecule has 1 aromatic rings. The quantitative estimate of drug-likeness (QED) is 0.792. The molecule has 0 aliphatic heterocycles. The van der Waals surface area contributed by atoms with E-state index in [0.29, 0.717) is 13.1 Å². The molecule has 0 atom stereocenters. The number of hydrogen-bond donors (Lipinski definition) is 1. The largest absolute Gasteiger partial charge is 0.312 e. The minimum Gasteiger partial charge on any atom is -0.312 e. The van der Waals surface area contributed by atoms with Crippen molar-refractivity contribution in [2.75, 3.05) is 26.4 Å². The van der Waals surface area contributed by atoms with Crippen LogP contribution in [0.4, 0.5) is 0 Å². The zero-order valence-corrected chi connectivity index (χ0v) is 12.3. The first-order chi connectivity index (χ1) is 8.34. The average molecular weight is 270 g/mol. The van der Waals surface area contributed by atoms with Crippen LogP contribution < -0.4 is 5.32 Å². The van der Waals surface area contributed by atoms with Crippen LogP contribution in [0.15, 0.2) is 18.2 Å². The molecule has 0 radical (unpaired) electrons. The number of aryl methyl sites for hydroxylation is 2. The van der Waals surface area contributed by atoms with Gasteiger partial charge in [-0.3, -0.25) is 0 Å². The molecular weight excluding hydrogens is 248 g/mol. The van der Waals surface area contributed by atoms with Crippen molar-refractivity contribution in [2.45, 2.75) is 20.4 Å². The van der Waals surface area contributed by atoms with E-state index in [1.165, 1.54) is 21.0 Å². The highest BCUT2D eigenvalue weighted by Gasteiger charge is 2.12. The summed E-state index contributed by atoms with van der Waals surface area (Å²) >= 11 is 0. The average Bonchev–Trinajstić information content (AvgIpc) is 2.27. The predicted molar refractivity (Wildman–Crippen MR) is 75.1 cm³/mol. The molecule has 0 spiro atoms. The van der Waals surface area contributed by atoms with E-state index in [-0.39, 0.29) is 5.75 Å². The van der Waals surface area contributed by atoms with Crippen molar-refractivity contribution in [1.82, 2.24) is 9.62 Å². The molecule has 0 aliphatic carbocycles. The molecule has 1 rings (SSSR count). The Hall–Kier alpha value is -0.910. The van der Waals surface area contributed by atoms with Gasteiger partial charge in [0.2, 0.25) is 10.0 Å². The Kier molecular flexibility index (Phi) is 5.31. The Morgan fingerprint density at radius 3 is 2.22 bits per heavy atom. The van der Waals surface area contributed by atoms with E-state index in [4.69, 9.17) is 0 Å². The van der Waals surface area contributed by atoms with Gasteiger partial charge in [-0.2, -0.15) is 0 Å². The Labute approximate surface area is 110 Å². The summed E-state index contributed by atoms with van der Waals surface area (Å²) in [5, 5.41) is 3.19. The van der Waals surface area contributed by atoms with Crippen molar-refractivity contribution in [3.05, 3.63) is 34.9 Å². The summed E-state index contributed by atoms with van der Waals surface area (Å²) in [5.74, 6) is 0.130. The number of nitrogens with one attached hydrogen (secondary N) is 1. The van der Waals surface area contributed by atoms with Crippen LogP contribution in [-0.2, 0) is 16.6 Å². The van der Waals surface area contributed by atoms with Crippen LogP contribution in [-0.4, -0.2) is 39.1 Å². The highest BCUT2D eigenvalue weighted by Crippen LogP contribution is 2.12. The Morgan fingerprint density at radius 1 is 1.17 bits per heavy atom. The van der Waals surface area contributed by atoms with Gasteiger partial charge in [-0.15, -0.1) is 0 Å². The smallest absolute Gasteiger partial charge is 0.214 e. The summed E-state index contributed by atoms with van der Waals surface area (Å²) < 4.78 is 24.4. The standard InChI is InChI=1S/C13H22N2O2S/c1-11-6-5-7-12(2)13(11)10-14-8-9-18(16,17)15(3)4/h5-7,14H,8-10H2,1-4H3. The molecule has 5 heteroatoms. The fraction of sp³-hybridized carbons (Fsp3) is 0.538. The highest BCUT2D eigenvalue weighted by molar-refractivity contribution is 7.89. The molecule has 0 amide bonds. The van der Waals surface area contributed by atoms with E-state index in [0.717, 1.165) is 0 Å². The van der Waals surface area contributed by atoms with Gasteiger partial charge in [0.15, 0.2) is 0 Å². The van der Waals surface area contributed by atoms with Crippen molar-refractivity contribution >= 4 is 10.0 Å². The van der Waals surface area contributed by atoms with Crippen LogP contribution in [0, 0.1) is 13.8 Å². The van der Waals surface area contributed by atoms with Crippen LogP contribution in [0.5, 0.6) is 0 Å². The van der Waals surface area contributed by atoms with Crippen molar-refractivity contribution in [3.63, 3.8) is 0 Å². The van der Waals surface area contributed by atoms with Gasteiger partial charge in [0, 0.05) is 27.2 Å². The summed E-state index contributed by atoms with van der Waals surface area (Å²) in [6, 6.07) is 6.17. The van der Waals surface area contributed by atoms with Crippen LogP contribution in [0.25, 0.3) is 0 Å². The van der Waals surface area contributed by atoms with Crippen molar-refractivity contribution in [2.24, 2.45) is 0 Å². The molecule has 0 saturated carbocycles. The number of benzene rings is 1. The zero-order valence-electron chi connectivity index (χ0n) is 11.5. The van der Waals surface area contributed by atoms with Gasteiger partial charge < -0.3 is 5.32 Å². The lowest BCUT2D eigenvalue weighted by molar-refractivity contribution is 0.517. The van der Waals surface area contributed by atoms with Crippen molar-refractivity contribution in [1.29, 1.82) is 0 Å². The predicted octanol–water partition coefficient (Wildman–Crippen LogP) is 1.28. The van der Waals surface area contributed by atoms with E-state index >= 15 is 0 Å². The number of sulfonamides is 1. The monoisotopic (exact) mass is 270 g/mol. The van der Waals surface area contributed by atoms with E-state index < -0.39 is 10.0 Å². The second-order valence-electron chi connectivity index (χ2n) is 4.65. The first kappa shape index (κ1) is 15.1. The first-order valence-corrected chi connectivity index (χ1v) is 7.61. The van der Waals surface area contributed by atoms with Gasteiger partial charge >= 0.3 is 0 Å². The van der Waals surface area contributed by atoms with Gasteiger partial charge in [-0.1, -0.05) is 18.2 Å². The molecule has 0 heterocycles. The third-order valence-electron chi connectivity index (χ3n) is 3.04. The molecule has 1 aromatic carbocycles. The van der Waals surface area contributed by atoms with E-state index in [1.807, 2.05) is 6.07 Å². The third kappa shape index (κ3) is 4.08. The minimum absolute atomic E-state index is 0.130. The SMILES string of the molecule is Cc1cccc(C)c1CNCCS(=O)(=O)N(C)C. The van der Waals surface area contributed by atoms with E-state index in [1.54, 1.807) is 14.1 Å². The minimum atomic E-state index is -3.10. The van der Waals surface area contributed by atoms with Crippen LogP contribution >= 0.6 is 0 Å². The lowest BCUT2D eigenvalue weighted by atomic mass is 10.0. The molecule has 102 valence electrons. The topological polar surface area (TPSA) is 49.4 Å². The molecule has 0 unspecified atom stereocenters. The Bertz CT molecular complexity index is 475. The van der Waals surface area contributed by atoms with Crippen molar-refractivity contribution < 1.29 is 8.42 Å². The summed E-state index contributed by atoms with van der Waals surface area (Å²) in [6.45, 7) is 5.32. The summed E-state index contributed by atoms with van der Waals surface area (Å²) in [6.07, 6.45) is 0. The maximum absolute atomic E-state index is 11.6. The lowest BCUT2D eigenvalue weighted by Crippen LogP contribution is -2.31. The van der Waals surface area contributed by atoms with Gasteiger partial charge in [-0.25, -0.2) is 12.7 Å². The van der Waals surface area contributed by atoms with E-state index in [2.05, 4.69) is 31.3 Å². The molecule has 0 saturated heterocycles. The maximum Gasteiger partial charge on any atom is 0.214 e. The molecule has 1 N–H and O–H groups in total. The fourth-order valence-electron chi connectivity index (χ4n) is 1.72. The molecule has 0 aromatic heterocycles. The molecule has 0 bridgehead atoms. The normalized spacial score (nSPS) is 12.1. The van der Waals surface area contributed by atoms with Gasteiger partial charge in [-0.05, 0) is 30.5 Å². The molecule has 0 fully saturated rings. The fourth-order valence-corrected chi connectivity index (χ4v) is 2.49. The molecule has 18 heavy (non-hydrogen) atoms. The van der Waals surface area contributed by atoms with Crippen LogP contribution in [0.2, 0.25) is 0 Å². The summed E-state index contributed by atoms with van der Waals surface area (Å²) in [4.78, 5) is 0. The lowest BCUT2D eigenvalue weighted by Gasteiger charge is -2.13. The second-order valence-corrected chi connectivity index (χ2v) is 6.95. The first-order valence-electron chi connectivity index (χ1n) is 6.00. The van der Waals surface area contributed by atoms with E-state index in [9.17, 15) is 8.42 Å². The highest BCUT2D eigenvalue weighted by atomic mass is 32.2. The summed E-state index contributed by atoms with van der Waals surface area (Å²) in [5.41, 5.74) is 3.72. The molecule has 4 nitrogen and oxygen atoms in total. The molecule has 0 aliphatic rings. The molecular formula is C13H22N2O2S. The number of nitrogens with zero attached hydrogens (tertiary/aromatic N) is 1. The number of rotatable bonds is 6. The van der Waals surface area contributed by atoms with Crippen LogP contribution in [0.1, 0.15) is 16.7 Å². The Morgan fingerprint density at radius 2 is 1.72 bits per heavy atom. The zero-order chi connectivity index (χ0) is 13.8. The summed E-state index contributed by atoms with van der Waals surface area (Å²) in [7, 11) is 0.0107. The van der Waals surface area contributed by atoms with Crippen LogP contribution in [0.3, 0.4) is 0 Å². The second kappa shape index (κ2) is 6.31.